The molecule has 4 rings (SSSR count). The summed E-state index contributed by atoms with van der Waals surface area (Å²) < 4.78 is 0. The molecule has 0 spiro atoms. The average Bonchev–Trinajstić information content (AvgIpc) is 3.05. The van der Waals surface area contributed by atoms with E-state index in [-0.39, 0.29) is 0 Å². The lowest BCUT2D eigenvalue weighted by molar-refractivity contribution is -0.0441. The minimum atomic E-state index is 0.466. The molecule has 4 aliphatic carbocycles. The molecule has 0 aliphatic heterocycles. The largest absolute Gasteiger partial charge is 0.303 e. The first-order chi connectivity index (χ1) is 14.4. The van der Waals surface area contributed by atoms with Gasteiger partial charge in [0.25, 0.3) is 0 Å². The van der Waals surface area contributed by atoms with Crippen molar-refractivity contribution in [3.63, 3.8) is 0 Å². The summed E-state index contributed by atoms with van der Waals surface area (Å²) in [6, 6.07) is 0.604. The van der Waals surface area contributed by atoms with Gasteiger partial charge in [-0.25, -0.2) is 0 Å². The molecule has 0 aromatic carbocycles. The number of terminal acetylenes is 1. The van der Waals surface area contributed by atoms with Crippen LogP contribution in [0.2, 0.25) is 0 Å². The van der Waals surface area contributed by atoms with Crippen LogP contribution in [0.3, 0.4) is 0 Å². The lowest BCUT2D eigenvalue weighted by atomic mass is 9.47. The van der Waals surface area contributed by atoms with E-state index in [0.29, 0.717) is 16.9 Å². The standard InChI is InChI=1S/C29H47N/c1-6-19-30-24-15-17-29(5)23(20-24)11-13-25-26-14-12-22(10-8-7-9-21(2)3)28(26,4)18-16-27(25)29/h1,11,21-22,24-27,30H,7-10,12-20H2,2-5H3. The fourth-order valence-electron chi connectivity index (χ4n) is 8.56. The fraction of sp³-hybridized carbons (Fsp3) is 0.862. The maximum atomic E-state index is 5.49. The fourth-order valence-corrected chi connectivity index (χ4v) is 8.56. The maximum Gasteiger partial charge on any atom is 0.0576 e. The van der Waals surface area contributed by atoms with E-state index in [1.165, 1.54) is 77.0 Å². The Bertz CT molecular complexity index is 668. The van der Waals surface area contributed by atoms with E-state index in [2.05, 4.69) is 45.0 Å². The van der Waals surface area contributed by atoms with Crippen molar-refractivity contribution in [1.82, 2.24) is 5.32 Å². The Morgan fingerprint density at radius 3 is 2.70 bits per heavy atom. The second-order valence-corrected chi connectivity index (χ2v) is 12.3. The maximum absolute atomic E-state index is 5.49. The molecule has 3 saturated carbocycles. The van der Waals surface area contributed by atoms with E-state index in [9.17, 15) is 0 Å². The van der Waals surface area contributed by atoms with E-state index in [0.717, 1.165) is 36.1 Å². The van der Waals surface area contributed by atoms with Crippen molar-refractivity contribution >= 4 is 0 Å². The van der Waals surface area contributed by atoms with E-state index in [4.69, 9.17) is 6.42 Å². The molecule has 1 heteroatoms. The third-order valence-corrected chi connectivity index (χ3v) is 10.4. The molecule has 168 valence electrons. The van der Waals surface area contributed by atoms with Crippen molar-refractivity contribution in [2.24, 2.45) is 40.4 Å². The molecular weight excluding hydrogens is 362 g/mol. The summed E-state index contributed by atoms with van der Waals surface area (Å²) in [6.45, 7) is 10.8. The monoisotopic (exact) mass is 409 g/mol. The lowest BCUT2D eigenvalue weighted by Gasteiger charge is -2.58. The van der Waals surface area contributed by atoms with Gasteiger partial charge in [0.2, 0.25) is 0 Å². The second kappa shape index (κ2) is 9.02. The zero-order chi connectivity index (χ0) is 21.4. The molecule has 3 fully saturated rings. The molecule has 4 aliphatic rings. The minimum absolute atomic E-state index is 0.466. The summed E-state index contributed by atoms with van der Waals surface area (Å²) in [6.07, 6.45) is 25.3. The Balaban J connectivity index is 1.43. The van der Waals surface area contributed by atoms with Crippen molar-refractivity contribution < 1.29 is 0 Å². The Kier molecular flexibility index (Phi) is 6.75. The van der Waals surface area contributed by atoms with Gasteiger partial charge in [0, 0.05) is 6.04 Å². The van der Waals surface area contributed by atoms with Crippen molar-refractivity contribution in [2.75, 3.05) is 6.54 Å². The number of rotatable bonds is 7. The predicted octanol–water partition coefficient (Wildman–Crippen LogP) is 7.37. The Labute approximate surface area is 187 Å². The quantitative estimate of drug-likeness (QED) is 0.263. The first-order valence-corrected chi connectivity index (χ1v) is 13.2. The molecule has 0 amide bonds. The summed E-state index contributed by atoms with van der Waals surface area (Å²) >= 11 is 0. The second-order valence-electron chi connectivity index (χ2n) is 12.3. The van der Waals surface area contributed by atoms with Crippen molar-refractivity contribution in [1.29, 1.82) is 0 Å². The van der Waals surface area contributed by atoms with Crippen LogP contribution in [0.1, 0.15) is 105 Å². The molecule has 0 aromatic heterocycles. The van der Waals surface area contributed by atoms with Gasteiger partial charge in [-0.05, 0) is 98.2 Å². The first-order valence-electron chi connectivity index (χ1n) is 13.2. The van der Waals surface area contributed by atoms with Gasteiger partial charge < -0.3 is 5.32 Å². The molecular formula is C29H47N. The molecule has 0 radical (unpaired) electrons. The third-order valence-electron chi connectivity index (χ3n) is 10.4. The van der Waals surface area contributed by atoms with Gasteiger partial charge in [0.15, 0.2) is 0 Å². The van der Waals surface area contributed by atoms with Crippen molar-refractivity contribution in [3.05, 3.63) is 11.6 Å². The molecule has 0 saturated heterocycles. The van der Waals surface area contributed by atoms with Gasteiger partial charge in [-0.2, -0.15) is 0 Å². The highest BCUT2D eigenvalue weighted by atomic mass is 14.9. The summed E-state index contributed by atoms with van der Waals surface area (Å²) in [5.74, 6) is 7.51. The Morgan fingerprint density at radius 2 is 1.93 bits per heavy atom. The van der Waals surface area contributed by atoms with Gasteiger partial charge in [-0.1, -0.05) is 64.5 Å². The third kappa shape index (κ3) is 4.03. The number of fused-ring (bicyclic) bond motifs is 5. The average molecular weight is 410 g/mol. The van der Waals surface area contributed by atoms with Gasteiger partial charge >= 0.3 is 0 Å². The highest BCUT2D eigenvalue weighted by molar-refractivity contribution is 5.26. The van der Waals surface area contributed by atoms with Crippen LogP contribution in [0.4, 0.5) is 0 Å². The Hall–Kier alpha value is -0.740. The molecule has 0 bridgehead atoms. The summed E-state index contributed by atoms with van der Waals surface area (Å²) in [5.41, 5.74) is 2.87. The molecule has 0 aromatic rings. The topological polar surface area (TPSA) is 12.0 Å². The SMILES string of the molecule is C#CCNC1CCC2(C)C(=CCC3C2CCC2(C)C(CCCCC(C)C)CCC32)C1. The number of hydrogen-bond donors (Lipinski definition) is 1. The minimum Gasteiger partial charge on any atom is -0.303 e. The molecule has 1 N–H and O–H groups in total. The van der Waals surface area contributed by atoms with Crippen LogP contribution in [-0.2, 0) is 0 Å². The highest BCUT2D eigenvalue weighted by Gasteiger charge is 2.58. The number of unbranched alkanes of at least 4 members (excludes halogenated alkanes) is 1. The van der Waals surface area contributed by atoms with Crippen LogP contribution < -0.4 is 5.32 Å². The van der Waals surface area contributed by atoms with Crippen LogP contribution >= 0.6 is 0 Å². The first kappa shape index (κ1) is 22.5. The molecule has 7 unspecified atom stereocenters. The van der Waals surface area contributed by atoms with Crippen LogP contribution in [0.15, 0.2) is 11.6 Å². The predicted molar refractivity (Wildman–Crippen MR) is 129 cm³/mol. The van der Waals surface area contributed by atoms with Crippen molar-refractivity contribution in [2.45, 2.75) is 111 Å². The molecule has 1 nitrogen and oxygen atoms in total. The van der Waals surface area contributed by atoms with Crippen LogP contribution in [-0.4, -0.2) is 12.6 Å². The summed E-state index contributed by atoms with van der Waals surface area (Å²) in [5, 5.41) is 3.60. The highest BCUT2D eigenvalue weighted by Crippen LogP contribution is 2.66. The van der Waals surface area contributed by atoms with E-state index >= 15 is 0 Å². The lowest BCUT2D eigenvalue weighted by Crippen LogP contribution is -2.51. The molecule has 7 atom stereocenters. The number of hydrogen-bond acceptors (Lipinski definition) is 1. The van der Waals surface area contributed by atoms with E-state index in [1.807, 2.05) is 0 Å². The zero-order valence-corrected chi connectivity index (χ0v) is 20.3. The zero-order valence-electron chi connectivity index (χ0n) is 20.3. The molecule has 0 heterocycles. The normalized spacial score (nSPS) is 42.8. The van der Waals surface area contributed by atoms with E-state index in [1.54, 1.807) is 5.57 Å². The van der Waals surface area contributed by atoms with Crippen LogP contribution in [0.25, 0.3) is 0 Å². The van der Waals surface area contributed by atoms with Gasteiger partial charge in [-0.3, -0.25) is 0 Å². The van der Waals surface area contributed by atoms with Crippen molar-refractivity contribution in [3.8, 4) is 12.3 Å². The van der Waals surface area contributed by atoms with Gasteiger partial charge in [0.05, 0.1) is 6.54 Å². The smallest absolute Gasteiger partial charge is 0.0576 e. The van der Waals surface area contributed by atoms with Gasteiger partial charge in [0.1, 0.15) is 0 Å². The number of nitrogens with one attached hydrogen (secondary N) is 1. The Morgan fingerprint density at radius 1 is 1.10 bits per heavy atom. The summed E-state index contributed by atoms with van der Waals surface area (Å²) in [7, 11) is 0. The van der Waals surface area contributed by atoms with Crippen LogP contribution in [0, 0.1) is 52.8 Å². The molecule has 30 heavy (non-hydrogen) atoms. The van der Waals surface area contributed by atoms with E-state index < -0.39 is 0 Å². The number of allylic oxidation sites excluding steroid dienone is 1. The van der Waals surface area contributed by atoms with Gasteiger partial charge in [-0.15, -0.1) is 6.42 Å². The van der Waals surface area contributed by atoms with Crippen LogP contribution in [0.5, 0.6) is 0 Å². The summed E-state index contributed by atoms with van der Waals surface area (Å²) in [4.78, 5) is 0.